The molecule has 3 heterocycles. The highest BCUT2D eigenvalue weighted by molar-refractivity contribution is 5.94. The molecule has 3 saturated heterocycles. The first-order valence-corrected chi connectivity index (χ1v) is 9.79. The second kappa shape index (κ2) is 6.29. The SMILES string of the molecule is O=C(c1ccccc1F)N1C[C@@H]2COCCN2C2(C1)CN(C1CCC1)C2. The minimum absolute atomic E-state index is 0.0171. The number of benzene rings is 1. The van der Waals surface area contributed by atoms with E-state index in [9.17, 15) is 9.18 Å². The highest BCUT2D eigenvalue weighted by atomic mass is 19.1. The van der Waals surface area contributed by atoms with E-state index in [2.05, 4.69) is 9.80 Å². The molecular formula is C20H26FN3O2. The van der Waals surface area contributed by atoms with Crippen LogP contribution in [0.5, 0.6) is 0 Å². The normalized spacial score (nSPS) is 29.1. The van der Waals surface area contributed by atoms with Crippen molar-refractivity contribution in [3.8, 4) is 0 Å². The Balaban J connectivity index is 1.38. The van der Waals surface area contributed by atoms with Crippen molar-refractivity contribution < 1.29 is 13.9 Å². The molecule has 1 spiro atoms. The van der Waals surface area contributed by atoms with Gasteiger partial charge in [-0.1, -0.05) is 18.6 Å². The molecule has 26 heavy (non-hydrogen) atoms. The Morgan fingerprint density at radius 1 is 1.15 bits per heavy atom. The van der Waals surface area contributed by atoms with Crippen molar-refractivity contribution in [1.82, 2.24) is 14.7 Å². The van der Waals surface area contributed by atoms with Crippen molar-refractivity contribution in [3.63, 3.8) is 0 Å². The Morgan fingerprint density at radius 2 is 1.96 bits per heavy atom. The van der Waals surface area contributed by atoms with Crippen LogP contribution in [0.2, 0.25) is 0 Å². The lowest BCUT2D eigenvalue weighted by atomic mass is 9.78. The lowest BCUT2D eigenvalue weighted by molar-refractivity contribution is -0.171. The summed E-state index contributed by atoms with van der Waals surface area (Å²) in [5, 5.41) is 0. The third-order valence-electron chi connectivity index (χ3n) is 6.73. The van der Waals surface area contributed by atoms with Gasteiger partial charge in [-0.15, -0.1) is 0 Å². The van der Waals surface area contributed by atoms with Crippen LogP contribution in [0.15, 0.2) is 24.3 Å². The van der Waals surface area contributed by atoms with Gasteiger partial charge in [0.2, 0.25) is 0 Å². The molecule has 1 aliphatic carbocycles. The molecule has 5 rings (SSSR count). The summed E-state index contributed by atoms with van der Waals surface area (Å²) in [4.78, 5) is 20.0. The molecule has 0 aromatic heterocycles. The van der Waals surface area contributed by atoms with Crippen LogP contribution in [0.1, 0.15) is 29.6 Å². The Bertz CT molecular complexity index is 702. The zero-order valence-corrected chi connectivity index (χ0v) is 15.1. The number of carbonyl (C=O) groups is 1. The van der Waals surface area contributed by atoms with Crippen molar-refractivity contribution in [1.29, 1.82) is 0 Å². The predicted octanol–water partition coefficient (Wildman–Crippen LogP) is 1.59. The molecule has 1 amide bonds. The second-order valence-electron chi connectivity index (χ2n) is 8.30. The van der Waals surface area contributed by atoms with Gasteiger partial charge < -0.3 is 9.64 Å². The average Bonchev–Trinajstić information content (AvgIpc) is 2.58. The van der Waals surface area contributed by atoms with Gasteiger partial charge in [-0.3, -0.25) is 14.6 Å². The third kappa shape index (κ3) is 2.58. The van der Waals surface area contributed by atoms with E-state index in [4.69, 9.17) is 4.74 Å². The Morgan fingerprint density at radius 3 is 2.69 bits per heavy atom. The molecule has 4 fully saturated rings. The standard InChI is InChI=1S/C20H26FN3O2/c21-18-7-2-1-6-17(18)19(25)22-10-16-11-26-9-8-24(16)20(12-22)13-23(14-20)15-4-3-5-15/h1-2,6-7,15-16H,3-5,8-14H2/t16-/m1/s1. The second-order valence-corrected chi connectivity index (χ2v) is 8.30. The van der Waals surface area contributed by atoms with Crippen LogP contribution in [-0.4, -0.2) is 84.2 Å². The minimum Gasteiger partial charge on any atom is -0.378 e. The number of amides is 1. The van der Waals surface area contributed by atoms with Gasteiger partial charge in [-0.05, 0) is 25.0 Å². The van der Waals surface area contributed by atoms with Crippen LogP contribution in [0.25, 0.3) is 0 Å². The number of likely N-dealkylation sites (tertiary alicyclic amines) is 1. The topological polar surface area (TPSA) is 36.0 Å². The lowest BCUT2D eigenvalue weighted by Crippen LogP contribution is -2.82. The maximum absolute atomic E-state index is 14.1. The molecule has 1 atom stereocenters. The van der Waals surface area contributed by atoms with Crippen molar-refractivity contribution >= 4 is 5.91 Å². The molecule has 1 aromatic carbocycles. The van der Waals surface area contributed by atoms with E-state index in [0.29, 0.717) is 19.7 Å². The number of piperazine rings is 1. The summed E-state index contributed by atoms with van der Waals surface area (Å²) in [7, 11) is 0. The van der Waals surface area contributed by atoms with Gasteiger partial charge in [-0.2, -0.15) is 0 Å². The van der Waals surface area contributed by atoms with Crippen molar-refractivity contribution in [3.05, 3.63) is 35.6 Å². The molecule has 4 aliphatic rings. The van der Waals surface area contributed by atoms with E-state index in [-0.39, 0.29) is 23.1 Å². The van der Waals surface area contributed by atoms with Gasteiger partial charge in [0.25, 0.3) is 5.91 Å². The smallest absolute Gasteiger partial charge is 0.256 e. The number of fused-ring (bicyclic) bond motifs is 2. The van der Waals surface area contributed by atoms with E-state index in [1.54, 1.807) is 18.2 Å². The summed E-state index contributed by atoms with van der Waals surface area (Å²) in [5.74, 6) is -0.617. The molecule has 6 heteroatoms. The lowest BCUT2D eigenvalue weighted by Gasteiger charge is -2.65. The van der Waals surface area contributed by atoms with Crippen LogP contribution in [-0.2, 0) is 4.74 Å². The Kier molecular flexibility index (Phi) is 4.03. The fourth-order valence-electron chi connectivity index (χ4n) is 5.16. The van der Waals surface area contributed by atoms with Crippen LogP contribution in [0, 0.1) is 5.82 Å². The monoisotopic (exact) mass is 359 g/mol. The van der Waals surface area contributed by atoms with Gasteiger partial charge in [0.05, 0.1) is 30.4 Å². The number of carbonyl (C=O) groups excluding carboxylic acids is 1. The number of ether oxygens (including phenoxy) is 1. The molecule has 140 valence electrons. The molecule has 0 N–H and O–H groups in total. The molecule has 3 aliphatic heterocycles. The molecule has 0 unspecified atom stereocenters. The van der Waals surface area contributed by atoms with Crippen LogP contribution < -0.4 is 0 Å². The highest BCUT2D eigenvalue weighted by Crippen LogP contribution is 2.40. The Labute approximate surface area is 153 Å². The summed E-state index contributed by atoms with van der Waals surface area (Å²) < 4.78 is 19.8. The summed E-state index contributed by atoms with van der Waals surface area (Å²) in [6.45, 7) is 5.72. The van der Waals surface area contributed by atoms with Crippen LogP contribution >= 0.6 is 0 Å². The third-order valence-corrected chi connectivity index (χ3v) is 6.73. The zero-order chi connectivity index (χ0) is 17.7. The number of hydrogen-bond donors (Lipinski definition) is 0. The molecular weight excluding hydrogens is 333 g/mol. The maximum atomic E-state index is 14.1. The fourth-order valence-corrected chi connectivity index (χ4v) is 5.16. The number of morpholine rings is 1. The quantitative estimate of drug-likeness (QED) is 0.804. The molecule has 1 aromatic rings. The number of rotatable bonds is 2. The summed E-state index contributed by atoms with van der Waals surface area (Å²) in [5.41, 5.74) is 0.200. The first kappa shape index (κ1) is 16.7. The van der Waals surface area contributed by atoms with E-state index in [1.165, 1.54) is 25.3 Å². The van der Waals surface area contributed by atoms with Gasteiger partial charge in [0.15, 0.2) is 0 Å². The zero-order valence-electron chi connectivity index (χ0n) is 15.1. The summed E-state index contributed by atoms with van der Waals surface area (Å²) in [6, 6.07) is 7.27. The molecule has 5 nitrogen and oxygen atoms in total. The van der Waals surface area contributed by atoms with Crippen molar-refractivity contribution in [2.75, 3.05) is 45.9 Å². The molecule has 0 bridgehead atoms. The van der Waals surface area contributed by atoms with E-state index in [1.807, 2.05) is 4.90 Å². The van der Waals surface area contributed by atoms with Gasteiger partial charge >= 0.3 is 0 Å². The van der Waals surface area contributed by atoms with Crippen LogP contribution in [0.3, 0.4) is 0 Å². The molecule has 1 saturated carbocycles. The van der Waals surface area contributed by atoms with Crippen molar-refractivity contribution in [2.45, 2.75) is 36.9 Å². The predicted molar refractivity (Wildman–Crippen MR) is 95.6 cm³/mol. The first-order chi connectivity index (χ1) is 12.7. The van der Waals surface area contributed by atoms with E-state index >= 15 is 0 Å². The van der Waals surface area contributed by atoms with Gasteiger partial charge in [0.1, 0.15) is 5.82 Å². The Hall–Kier alpha value is -1.50. The number of nitrogens with zero attached hydrogens (tertiary/aromatic N) is 3. The van der Waals surface area contributed by atoms with Gasteiger partial charge in [-0.25, -0.2) is 4.39 Å². The average molecular weight is 359 g/mol. The van der Waals surface area contributed by atoms with Crippen LogP contribution in [0.4, 0.5) is 4.39 Å². The fraction of sp³-hybridized carbons (Fsp3) is 0.650. The number of halogens is 1. The van der Waals surface area contributed by atoms with E-state index in [0.717, 1.165) is 32.3 Å². The summed E-state index contributed by atoms with van der Waals surface area (Å²) in [6.07, 6.45) is 3.95. The maximum Gasteiger partial charge on any atom is 0.256 e. The minimum atomic E-state index is -0.432. The molecule has 0 radical (unpaired) electrons. The van der Waals surface area contributed by atoms with Gasteiger partial charge in [0, 0.05) is 38.8 Å². The number of hydrogen-bond acceptors (Lipinski definition) is 4. The highest BCUT2D eigenvalue weighted by Gasteiger charge is 2.56. The summed E-state index contributed by atoms with van der Waals surface area (Å²) >= 11 is 0. The van der Waals surface area contributed by atoms with E-state index < -0.39 is 5.82 Å². The first-order valence-electron chi connectivity index (χ1n) is 9.79. The van der Waals surface area contributed by atoms with Crippen molar-refractivity contribution in [2.24, 2.45) is 0 Å². The largest absolute Gasteiger partial charge is 0.378 e.